The van der Waals surface area contributed by atoms with E-state index in [0.29, 0.717) is 17.9 Å². The number of anilines is 1. The molecule has 1 unspecified atom stereocenters. The van der Waals surface area contributed by atoms with Gasteiger partial charge in [-0.3, -0.25) is 4.79 Å². The van der Waals surface area contributed by atoms with Crippen molar-refractivity contribution in [3.63, 3.8) is 0 Å². The van der Waals surface area contributed by atoms with Crippen molar-refractivity contribution in [1.82, 2.24) is 0 Å². The molecule has 1 fully saturated rings. The Hall–Kier alpha value is -3.34. The second-order valence-corrected chi connectivity index (χ2v) is 11.4. The molecular formula is C31H34FNO3. The number of carboxylic acid groups (broad SMARTS) is 1. The molecule has 0 aromatic heterocycles. The van der Waals surface area contributed by atoms with Crippen LogP contribution in [0.4, 0.5) is 10.1 Å². The molecule has 3 aromatic carbocycles. The lowest BCUT2D eigenvalue weighted by molar-refractivity contribution is -0.137. The molecular weight excluding hydrogens is 453 g/mol. The predicted octanol–water partition coefficient (Wildman–Crippen LogP) is 7.31. The molecule has 0 radical (unpaired) electrons. The molecule has 4 nitrogen and oxygen atoms in total. The molecule has 0 heterocycles. The quantitative estimate of drug-likeness (QED) is 0.367. The number of nitrogens with one attached hydrogen (secondary N) is 1. The van der Waals surface area contributed by atoms with E-state index < -0.39 is 5.97 Å². The largest absolute Gasteiger partial charge is 0.497 e. The molecule has 36 heavy (non-hydrogen) atoms. The Balaban J connectivity index is 1.41. The topological polar surface area (TPSA) is 58.6 Å². The maximum absolute atomic E-state index is 14.9. The molecule has 5 heteroatoms. The van der Waals surface area contributed by atoms with Crippen LogP contribution < -0.4 is 10.1 Å². The monoisotopic (exact) mass is 487 g/mol. The van der Waals surface area contributed by atoms with E-state index in [9.17, 15) is 14.3 Å². The second-order valence-electron chi connectivity index (χ2n) is 11.4. The number of halogens is 1. The van der Waals surface area contributed by atoms with E-state index in [1.54, 1.807) is 19.2 Å². The molecule has 0 saturated heterocycles. The van der Waals surface area contributed by atoms with Gasteiger partial charge in [0.1, 0.15) is 11.6 Å². The van der Waals surface area contributed by atoms with E-state index in [4.69, 9.17) is 4.74 Å². The van der Waals surface area contributed by atoms with Crippen molar-refractivity contribution in [3.05, 3.63) is 82.7 Å². The van der Waals surface area contributed by atoms with Crippen LogP contribution in [0.5, 0.6) is 5.75 Å². The molecule has 2 aliphatic rings. The summed E-state index contributed by atoms with van der Waals surface area (Å²) in [6, 6.07) is 17.5. The minimum Gasteiger partial charge on any atom is -0.497 e. The minimum absolute atomic E-state index is 0.129. The molecule has 0 aliphatic heterocycles. The summed E-state index contributed by atoms with van der Waals surface area (Å²) in [6.07, 6.45) is 3.41. The molecule has 1 atom stereocenters. The van der Waals surface area contributed by atoms with Crippen LogP contribution in [0.2, 0.25) is 0 Å². The van der Waals surface area contributed by atoms with Crippen LogP contribution in [0.3, 0.4) is 0 Å². The van der Waals surface area contributed by atoms with Gasteiger partial charge in [-0.05, 0) is 94.3 Å². The molecule has 2 N–H and O–H groups in total. The SMILES string of the molecule is COc1ccc(F)c(-c2cc(CNc3ccc4c(c3)CC3(CC3)C4CC(=O)O)ccc2C(C)(C)C)c1. The Kier molecular flexibility index (Phi) is 6.06. The van der Waals surface area contributed by atoms with Gasteiger partial charge in [0.15, 0.2) is 0 Å². The highest BCUT2D eigenvalue weighted by Crippen LogP contribution is 2.64. The Bertz CT molecular complexity index is 1320. The van der Waals surface area contributed by atoms with Gasteiger partial charge in [-0.25, -0.2) is 4.39 Å². The van der Waals surface area contributed by atoms with E-state index in [-0.39, 0.29) is 29.0 Å². The molecule has 1 spiro atoms. The van der Waals surface area contributed by atoms with Crippen molar-refractivity contribution in [2.45, 2.75) is 64.3 Å². The van der Waals surface area contributed by atoms with Crippen LogP contribution in [0.25, 0.3) is 11.1 Å². The first-order valence-electron chi connectivity index (χ1n) is 12.7. The highest BCUT2D eigenvalue weighted by atomic mass is 19.1. The Morgan fingerprint density at radius 2 is 1.86 bits per heavy atom. The summed E-state index contributed by atoms with van der Waals surface area (Å²) < 4.78 is 20.3. The minimum atomic E-state index is -0.719. The Morgan fingerprint density at radius 3 is 2.53 bits per heavy atom. The van der Waals surface area contributed by atoms with Gasteiger partial charge in [-0.15, -0.1) is 0 Å². The number of methoxy groups -OCH3 is 1. The molecule has 5 rings (SSSR count). The number of benzene rings is 3. The molecule has 0 bridgehead atoms. The number of carboxylic acids is 1. The normalized spacial score (nSPS) is 17.6. The van der Waals surface area contributed by atoms with Crippen molar-refractivity contribution in [3.8, 4) is 16.9 Å². The lowest BCUT2D eigenvalue weighted by atomic mass is 9.81. The molecule has 2 aliphatic carbocycles. The fourth-order valence-corrected chi connectivity index (χ4v) is 5.85. The first kappa shape index (κ1) is 24.4. The van der Waals surface area contributed by atoms with Crippen LogP contribution in [-0.2, 0) is 23.2 Å². The third kappa shape index (κ3) is 4.59. The van der Waals surface area contributed by atoms with Crippen LogP contribution in [0, 0.1) is 11.2 Å². The average molecular weight is 488 g/mol. The van der Waals surface area contributed by atoms with E-state index in [1.165, 1.54) is 17.2 Å². The lowest BCUT2D eigenvalue weighted by Gasteiger charge is -2.24. The predicted molar refractivity (Wildman–Crippen MR) is 141 cm³/mol. The van der Waals surface area contributed by atoms with Crippen LogP contribution >= 0.6 is 0 Å². The van der Waals surface area contributed by atoms with E-state index in [2.05, 4.69) is 62.5 Å². The number of fused-ring (bicyclic) bond motifs is 1. The molecule has 0 amide bonds. The fraction of sp³-hybridized carbons (Fsp3) is 0.387. The van der Waals surface area contributed by atoms with Crippen LogP contribution in [-0.4, -0.2) is 18.2 Å². The highest BCUT2D eigenvalue weighted by molar-refractivity contribution is 5.72. The number of hydrogen-bond acceptors (Lipinski definition) is 3. The fourth-order valence-electron chi connectivity index (χ4n) is 5.85. The maximum Gasteiger partial charge on any atom is 0.303 e. The van der Waals surface area contributed by atoms with Crippen molar-refractivity contribution in [2.24, 2.45) is 5.41 Å². The number of rotatable bonds is 7. The number of hydrogen-bond donors (Lipinski definition) is 2. The second kappa shape index (κ2) is 8.95. The first-order valence-corrected chi connectivity index (χ1v) is 12.7. The summed E-state index contributed by atoms with van der Waals surface area (Å²) >= 11 is 0. The van der Waals surface area contributed by atoms with Crippen molar-refractivity contribution < 1.29 is 19.0 Å². The van der Waals surface area contributed by atoms with Crippen LogP contribution in [0.1, 0.15) is 68.2 Å². The summed E-state index contributed by atoms with van der Waals surface area (Å²) in [6.45, 7) is 7.01. The Labute approximate surface area is 212 Å². The van der Waals surface area contributed by atoms with Gasteiger partial charge in [0, 0.05) is 23.7 Å². The summed E-state index contributed by atoms with van der Waals surface area (Å²) in [4.78, 5) is 11.4. The zero-order valence-corrected chi connectivity index (χ0v) is 21.5. The summed E-state index contributed by atoms with van der Waals surface area (Å²) in [5.74, 6) is -0.231. The van der Waals surface area contributed by atoms with Crippen LogP contribution in [0.15, 0.2) is 54.6 Å². The van der Waals surface area contributed by atoms with Crippen molar-refractivity contribution in [1.29, 1.82) is 0 Å². The van der Waals surface area contributed by atoms with E-state index in [0.717, 1.165) is 41.6 Å². The van der Waals surface area contributed by atoms with E-state index >= 15 is 0 Å². The van der Waals surface area contributed by atoms with Gasteiger partial charge < -0.3 is 15.2 Å². The third-order valence-corrected chi connectivity index (χ3v) is 7.92. The van der Waals surface area contributed by atoms with Gasteiger partial charge in [-0.2, -0.15) is 0 Å². The highest BCUT2D eigenvalue weighted by Gasteiger charge is 2.54. The standard InChI is InChI=1S/C31H34FNO3/c1-30(2,3)26-9-5-19(13-24(26)25-15-22(36-4)7-10-28(25)32)18-33-21-6-8-23-20(14-21)17-31(11-12-31)27(23)16-29(34)35/h5-10,13-15,27,33H,11-12,16-18H2,1-4H3,(H,34,35). The van der Waals surface area contributed by atoms with Gasteiger partial charge >= 0.3 is 5.97 Å². The molecule has 3 aromatic rings. The van der Waals surface area contributed by atoms with Crippen molar-refractivity contribution >= 4 is 11.7 Å². The number of aliphatic carboxylic acids is 1. The molecule has 188 valence electrons. The van der Waals surface area contributed by atoms with Gasteiger partial charge in [-0.1, -0.05) is 39.0 Å². The average Bonchev–Trinajstić information content (AvgIpc) is 3.54. The summed E-state index contributed by atoms with van der Waals surface area (Å²) in [5, 5.41) is 12.9. The first-order chi connectivity index (χ1) is 17.1. The summed E-state index contributed by atoms with van der Waals surface area (Å²) in [5.41, 5.74) is 7.06. The van der Waals surface area contributed by atoms with Gasteiger partial charge in [0.2, 0.25) is 0 Å². The third-order valence-electron chi connectivity index (χ3n) is 7.92. The Morgan fingerprint density at radius 1 is 1.08 bits per heavy atom. The van der Waals surface area contributed by atoms with Gasteiger partial charge in [0.05, 0.1) is 13.5 Å². The number of ether oxygens (including phenoxy) is 1. The number of carbonyl (C=O) groups is 1. The smallest absolute Gasteiger partial charge is 0.303 e. The zero-order valence-electron chi connectivity index (χ0n) is 21.5. The van der Waals surface area contributed by atoms with Crippen molar-refractivity contribution in [2.75, 3.05) is 12.4 Å². The molecule has 1 saturated carbocycles. The zero-order chi connectivity index (χ0) is 25.7. The van der Waals surface area contributed by atoms with E-state index in [1.807, 2.05) is 0 Å². The summed E-state index contributed by atoms with van der Waals surface area (Å²) in [7, 11) is 1.59. The van der Waals surface area contributed by atoms with Gasteiger partial charge in [0.25, 0.3) is 0 Å². The maximum atomic E-state index is 14.9. The lowest BCUT2D eigenvalue weighted by Crippen LogP contribution is -2.14.